The number of nitrogens with zero attached hydrogens (tertiary/aromatic N) is 2. The first kappa shape index (κ1) is 11.5. The molecule has 0 aliphatic heterocycles. The smallest absolute Gasteiger partial charge is 0.185 e. The fourth-order valence-corrected chi connectivity index (χ4v) is 1.20. The molecule has 0 radical (unpaired) electrons. The molecule has 4 heteroatoms. The molecule has 80 valence electrons. The molecule has 0 saturated heterocycles. The van der Waals surface area contributed by atoms with E-state index in [1.807, 2.05) is 13.8 Å². The maximum Gasteiger partial charge on any atom is 0.185 e. The Morgan fingerprint density at radius 1 is 1.07 bits per heavy atom. The van der Waals surface area contributed by atoms with Crippen LogP contribution in [0.25, 0.3) is 10.9 Å². The predicted octanol–water partition coefficient (Wildman–Crippen LogP) is 3.24. The van der Waals surface area contributed by atoms with E-state index in [9.17, 15) is 8.78 Å². The first-order valence-electron chi connectivity index (χ1n) is 4.75. The Bertz CT molecular complexity index is 469. The molecule has 2 rings (SSSR count). The lowest BCUT2D eigenvalue weighted by atomic mass is 10.2. The van der Waals surface area contributed by atoms with Crippen molar-refractivity contribution in [3.05, 3.63) is 35.8 Å². The molecule has 1 aromatic carbocycles. The number of halogens is 2. The Hall–Kier alpha value is -1.58. The fraction of sp³-hybridized carbons (Fsp3) is 0.273. The quantitative estimate of drug-likeness (QED) is 0.667. The van der Waals surface area contributed by atoms with Gasteiger partial charge in [-0.1, -0.05) is 13.8 Å². The fourth-order valence-electron chi connectivity index (χ4n) is 1.20. The van der Waals surface area contributed by atoms with Gasteiger partial charge in [0, 0.05) is 11.1 Å². The molecule has 0 unspecified atom stereocenters. The maximum atomic E-state index is 13.1. The predicted molar refractivity (Wildman–Crippen MR) is 55.5 cm³/mol. The molecule has 2 aromatic rings. The average molecular weight is 210 g/mol. The molecule has 0 fully saturated rings. The molecule has 0 aliphatic carbocycles. The van der Waals surface area contributed by atoms with Crippen molar-refractivity contribution in [3.8, 4) is 0 Å². The minimum Gasteiger partial charge on any atom is -0.241 e. The van der Waals surface area contributed by atoms with Crippen molar-refractivity contribution in [2.75, 3.05) is 0 Å². The Labute approximate surface area is 87.0 Å². The number of aryl methyl sites for hydroxylation is 1. The highest BCUT2D eigenvalue weighted by molar-refractivity contribution is 5.80. The van der Waals surface area contributed by atoms with Gasteiger partial charge in [-0.3, -0.25) is 0 Å². The van der Waals surface area contributed by atoms with E-state index < -0.39 is 11.6 Å². The largest absolute Gasteiger partial charge is 0.241 e. The average Bonchev–Trinajstić information content (AvgIpc) is 2.27. The highest BCUT2D eigenvalue weighted by Crippen LogP contribution is 2.19. The van der Waals surface area contributed by atoms with Crippen molar-refractivity contribution in [2.45, 2.75) is 20.8 Å². The van der Waals surface area contributed by atoms with Gasteiger partial charge in [-0.05, 0) is 19.1 Å². The second kappa shape index (κ2) is 4.77. The van der Waals surface area contributed by atoms with Gasteiger partial charge in [0.1, 0.15) is 11.8 Å². The number of hydrogen-bond donors (Lipinski definition) is 0. The zero-order valence-electron chi connectivity index (χ0n) is 8.88. The van der Waals surface area contributed by atoms with Gasteiger partial charge < -0.3 is 0 Å². The van der Waals surface area contributed by atoms with Crippen LogP contribution in [0, 0.1) is 18.6 Å². The van der Waals surface area contributed by atoms with Crippen LogP contribution in [0.1, 0.15) is 19.5 Å². The second-order valence-corrected chi connectivity index (χ2v) is 2.72. The van der Waals surface area contributed by atoms with Crippen LogP contribution in [0.4, 0.5) is 8.78 Å². The summed E-state index contributed by atoms with van der Waals surface area (Å²) in [7, 11) is 0. The van der Waals surface area contributed by atoms with Crippen LogP contribution in [-0.4, -0.2) is 9.97 Å². The van der Waals surface area contributed by atoms with Gasteiger partial charge in [0.05, 0.1) is 0 Å². The van der Waals surface area contributed by atoms with Crippen LogP contribution in [0.5, 0.6) is 0 Å². The van der Waals surface area contributed by atoms with Gasteiger partial charge in [0.25, 0.3) is 0 Å². The molecular formula is C11H12F2N2. The molecule has 0 N–H and O–H groups in total. The van der Waals surface area contributed by atoms with Gasteiger partial charge in [0.2, 0.25) is 0 Å². The summed E-state index contributed by atoms with van der Waals surface area (Å²) in [5.74, 6) is -1.80. The summed E-state index contributed by atoms with van der Waals surface area (Å²) in [6, 6.07) is 2.55. The van der Waals surface area contributed by atoms with E-state index in [0.29, 0.717) is 11.1 Å². The molecule has 2 nitrogen and oxygen atoms in total. The number of rotatable bonds is 0. The lowest BCUT2D eigenvalue weighted by Crippen LogP contribution is -1.92. The molecule has 0 atom stereocenters. The molecule has 1 aromatic heterocycles. The van der Waals surface area contributed by atoms with Gasteiger partial charge in [0.15, 0.2) is 11.6 Å². The van der Waals surface area contributed by atoms with Crippen LogP contribution in [0.3, 0.4) is 0 Å². The van der Waals surface area contributed by atoms with Gasteiger partial charge in [-0.25, -0.2) is 18.7 Å². The minimum atomic E-state index is -0.914. The Morgan fingerprint density at radius 2 is 1.73 bits per heavy atom. The topological polar surface area (TPSA) is 25.8 Å². The lowest BCUT2D eigenvalue weighted by molar-refractivity contribution is 0.515. The number of aromatic nitrogens is 2. The molecular weight excluding hydrogens is 198 g/mol. The summed E-state index contributed by atoms with van der Waals surface area (Å²) in [4.78, 5) is 7.55. The number of hydrogen-bond acceptors (Lipinski definition) is 2. The Kier molecular flexibility index (Phi) is 3.66. The molecule has 0 saturated carbocycles. The van der Waals surface area contributed by atoms with E-state index in [2.05, 4.69) is 9.97 Å². The first-order chi connectivity index (χ1) is 7.20. The van der Waals surface area contributed by atoms with E-state index >= 15 is 0 Å². The van der Waals surface area contributed by atoms with E-state index in [0.717, 1.165) is 6.07 Å². The van der Waals surface area contributed by atoms with E-state index in [1.54, 1.807) is 6.92 Å². The molecule has 15 heavy (non-hydrogen) atoms. The molecule has 0 amide bonds. The summed E-state index contributed by atoms with van der Waals surface area (Å²) in [5, 5.41) is 0.543. The number of fused-ring (bicyclic) bond motifs is 1. The monoisotopic (exact) mass is 210 g/mol. The third kappa shape index (κ3) is 2.09. The molecule has 0 bridgehead atoms. The van der Waals surface area contributed by atoms with Crippen LogP contribution in [0.2, 0.25) is 0 Å². The normalized spacial score (nSPS) is 9.67. The van der Waals surface area contributed by atoms with Crippen molar-refractivity contribution in [3.63, 3.8) is 0 Å². The van der Waals surface area contributed by atoms with Crippen molar-refractivity contribution < 1.29 is 8.78 Å². The molecule has 0 aliphatic rings. The van der Waals surface area contributed by atoms with Crippen LogP contribution in [0.15, 0.2) is 18.5 Å². The summed E-state index contributed by atoms with van der Waals surface area (Å²) < 4.78 is 25.9. The van der Waals surface area contributed by atoms with Crippen molar-refractivity contribution in [2.24, 2.45) is 0 Å². The summed E-state index contributed by atoms with van der Waals surface area (Å²) in [5.41, 5.74) is 0.677. The molecule has 1 heterocycles. The highest BCUT2D eigenvalue weighted by Gasteiger charge is 2.09. The third-order valence-electron chi connectivity index (χ3n) is 1.90. The number of benzene rings is 1. The van der Waals surface area contributed by atoms with Gasteiger partial charge in [-0.15, -0.1) is 0 Å². The van der Waals surface area contributed by atoms with Gasteiger partial charge in [-0.2, -0.15) is 0 Å². The first-order valence-corrected chi connectivity index (χ1v) is 4.75. The van der Waals surface area contributed by atoms with Crippen LogP contribution >= 0.6 is 0 Å². The maximum absolute atomic E-state index is 13.1. The summed E-state index contributed by atoms with van der Waals surface area (Å²) >= 11 is 0. The molecule has 0 spiro atoms. The third-order valence-corrected chi connectivity index (χ3v) is 1.90. The Balaban J connectivity index is 0.000000531. The van der Waals surface area contributed by atoms with Crippen molar-refractivity contribution in [1.82, 2.24) is 9.97 Å². The van der Waals surface area contributed by atoms with Crippen molar-refractivity contribution in [1.29, 1.82) is 0 Å². The SMILES string of the molecule is CC.Cc1ncnc2c(F)c(F)ccc12. The summed E-state index contributed by atoms with van der Waals surface area (Å²) in [6.45, 7) is 5.72. The van der Waals surface area contributed by atoms with Crippen LogP contribution in [-0.2, 0) is 0 Å². The van der Waals surface area contributed by atoms with E-state index in [4.69, 9.17) is 0 Å². The standard InChI is InChI=1S/C9H6F2N2.C2H6/c1-5-6-2-3-7(10)8(11)9(6)13-4-12-5;1-2/h2-4H,1H3;1-2H3. The van der Waals surface area contributed by atoms with Gasteiger partial charge >= 0.3 is 0 Å². The van der Waals surface area contributed by atoms with E-state index in [-0.39, 0.29) is 5.52 Å². The minimum absolute atomic E-state index is 0.0347. The zero-order chi connectivity index (χ0) is 11.4. The van der Waals surface area contributed by atoms with Crippen molar-refractivity contribution >= 4 is 10.9 Å². The Morgan fingerprint density at radius 3 is 2.40 bits per heavy atom. The lowest BCUT2D eigenvalue weighted by Gasteiger charge is -2.00. The van der Waals surface area contributed by atoms with E-state index in [1.165, 1.54) is 12.4 Å². The highest BCUT2D eigenvalue weighted by atomic mass is 19.2. The second-order valence-electron chi connectivity index (χ2n) is 2.72. The zero-order valence-corrected chi connectivity index (χ0v) is 8.88. The van der Waals surface area contributed by atoms with Crippen LogP contribution < -0.4 is 0 Å². The summed E-state index contributed by atoms with van der Waals surface area (Å²) in [6.07, 6.45) is 1.22.